The highest BCUT2D eigenvalue weighted by Gasteiger charge is 2.33. The number of amides is 3. The van der Waals surface area contributed by atoms with E-state index in [1.54, 1.807) is 0 Å². The summed E-state index contributed by atoms with van der Waals surface area (Å²) in [7, 11) is 0. The van der Waals surface area contributed by atoms with Gasteiger partial charge in [-0.3, -0.25) is 19.2 Å². The highest BCUT2D eigenvalue weighted by Crippen LogP contribution is 2.08. The number of carboxylic acids is 2. The first-order valence-corrected chi connectivity index (χ1v) is 11.0. The summed E-state index contributed by atoms with van der Waals surface area (Å²) >= 11 is 0. The van der Waals surface area contributed by atoms with E-state index >= 15 is 0 Å². The molecule has 0 spiro atoms. The smallest absolute Gasteiger partial charge is 0.326 e. The van der Waals surface area contributed by atoms with Crippen LogP contribution in [0.3, 0.4) is 0 Å². The molecule has 33 heavy (non-hydrogen) atoms. The Hall–Kier alpha value is -2.77. The lowest BCUT2D eigenvalue weighted by Gasteiger charge is -2.26. The Kier molecular flexibility index (Phi) is 12.3. The minimum absolute atomic E-state index is 0.116. The number of aliphatic hydroxyl groups excluding tert-OH is 1. The molecule has 5 atom stereocenters. The summed E-state index contributed by atoms with van der Waals surface area (Å²) in [4.78, 5) is 60.2. The van der Waals surface area contributed by atoms with Gasteiger partial charge in [-0.1, -0.05) is 0 Å². The van der Waals surface area contributed by atoms with E-state index in [4.69, 9.17) is 10.8 Å². The van der Waals surface area contributed by atoms with Crippen LogP contribution < -0.4 is 27.0 Å². The Labute approximate surface area is 191 Å². The molecule has 1 saturated heterocycles. The summed E-state index contributed by atoms with van der Waals surface area (Å²) in [6, 6.07) is -4.52. The number of unbranched alkanes of at least 4 members (excludes halogenated alkanes) is 1. The quantitative estimate of drug-likeness (QED) is 0.118. The molecule has 3 amide bonds. The summed E-state index contributed by atoms with van der Waals surface area (Å²) in [5.74, 6) is -4.70. The van der Waals surface area contributed by atoms with E-state index in [2.05, 4.69) is 21.3 Å². The van der Waals surface area contributed by atoms with Crippen molar-refractivity contribution in [3.05, 3.63) is 0 Å². The minimum Gasteiger partial charge on any atom is -0.481 e. The zero-order chi connectivity index (χ0) is 25.0. The predicted molar refractivity (Wildman–Crippen MR) is 116 cm³/mol. The molecular formula is C20H35N5O8. The van der Waals surface area contributed by atoms with Crippen LogP contribution in [0.5, 0.6) is 0 Å². The molecule has 13 nitrogen and oxygen atoms in total. The summed E-state index contributed by atoms with van der Waals surface area (Å²) < 4.78 is 0. The molecule has 0 aromatic rings. The zero-order valence-electron chi connectivity index (χ0n) is 18.7. The second-order valence-corrected chi connectivity index (χ2v) is 8.05. The van der Waals surface area contributed by atoms with Crippen LogP contribution in [0.2, 0.25) is 0 Å². The average molecular weight is 474 g/mol. The molecule has 0 aromatic carbocycles. The van der Waals surface area contributed by atoms with Gasteiger partial charge in [0, 0.05) is 6.42 Å². The first-order valence-electron chi connectivity index (χ1n) is 11.0. The molecule has 1 aliphatic rings. The van der Waals surface area contributed by atoms with Gasteiger partial charge in [-0.25, -0.2) is 4.79 Å². The molecule has 9 N–H and O–H groups in total. The van der Waals surface area contributed by atoms with E-state index in [0.717, 1.165) is 6.42 Å². The van der Waals surface area contributed by atoms with Gasteiger partial charge < -0.3 is 42.3 Å². The molecule has 1 heterocycles. The van der Waals surface area contributed by atoms with Crippen molar-refractivity contribution in [3.63, 3.8) is 0 Å². The number of hydrogen-bond acceptors (Lipinski definition) is 8. The molecule has 0 radical (unpaired) electrons. The van der Waals surface area contributed by atoms with Crippen molar-refractivity contribution in [2.45, 2.75) is 82.1 Å². The van der Waals surface area contributed by atoms with Crippen LogP contribution in [0.1, 0.15) is 51.9 Å². The number of aliphatic carboxylic acids is 2. The number of carbonyl (C=O) groups is 5. The molecule has 1 rings (SSSR count). The highest BCUT2D eigenvalue weighted by atomic mass is 16.4. The maximum Gasteiger partial charge on any atom is 0.326 e. The normalized spacial score (nSPS) is 19.1. The van der Waals surface area contributed by atoms with E-state index in [0.29, 0.717) is 32.4 Å². The van der Waals surface area contributed by atoms with Crippen LogP contribution in [0.25, 0.3) is 0 Å². The fourth-order valence-corrected chi connectivity index (χ4v) is 3.39. The van der Waals surface area contributed by atoms with Gasteiger partial charge >= 0.3 is 11.9 Å². The summed E-state index contributed by atoms with van der Waals surface area (Å²) in [6.45, 7) is 2.25. The van der Waals surface area contributed by atoms with Gasteiger partial charge in [0.25, 0.3) is 0 Å². The maximum atomic E-state index is 12.8. The predicted octanol–water partition coefficient (Wildman–Crippen LogP) is -2.35. The van der Waals surface area contributed by atoms with Crippen LogP contribution >= 0.6 is 0 Å². The van der Waals surface area contributed by atoms with Crippen LogP contribution in [-0.2, 0) is 24.0 Å². The number of rotatable bonds is 15. The monoisotopic (exact) mass is 473 g/mol. The van der Waals surface area contributed by atoms with Gasteiger partial charge in [-0.05, 0) is 58.5 Å². The van der Waals surface area contributed by atoms with Gasteiger partial charge in [0.15, 0.2) is 0 Å². The SMILES string of the molecule is CC(O)C(NC(=O)C(CCC(=O)O)NC(=O)C1CCCN1)C(=O)NC(CCCCN)C(=O)O. The van der Waals surface area contributed by atoms with Gasteiger partial charge in [0.1, 0.15) is 18.1 Å². The van der Waals surface area contributed by atoms with Crippen LogP contribution in [-0.4, -0.2) is 88.3 Å². The first-order chi connectivity index (χ1) is 15.6. The van der Waals surface area contributed by atoms with Crippen molar-refractivity contribution in [2.24, 2.45) is 5.73 Å². The Morgan fingerprint density at radius 2 is 1.70 bits per heavy atom. The summed E-state index contributed by atoms with van der Waals surface area (Å²) in [5.41, 5.74) is 5.39. The standard InChI is InChI=1S/C20H35N5O8/c1-11(26)16(19(31)24-14(20(32)33)5-2-3-9-21)25-18(30)13(7-8-15(27)28)23-17(29)12-6-4-10-22-12/h11-14,16,22,26H,2-10,21H2,1H3,(H,23,29)(H,24,31)(H,25,30)(H,27,28)(H,32,33). The number of hydrogen-bond donors (Lipinski definition) is 8. The van der Waals surface area contributed by atoms with E-state index in [9.17, 15) is 34.2 Å². The Balaban J connectivity index is 2.86. The van der Waals surface area contributed by atoms with Gasteiger partial charge in [-0.2, -0.15) is 0 Å². The highest BCUT2D eigenvalue weighted by molar-refractivity contribution is 5.94. The topological polar surface area (TPSA) is 220 Å². The molecule has 0 aromatic heterocycles. The molecule has 1 aliphatic heterocycles. The molecule has 5 unspecified atom stereocenters. The number of carboxylic acid groups (broad SMARTS) is 2. The van der Waals surface area contributed by atoms with Crippen molar-refractivity contribution in [1.82, 2.24) is 21.3 Å². The number of nitrogens with two attached hydrogens (primary N) is 1. The van der Waals surface area contributed by atoms with E-state index < -0.39 is 66.4 Å². The van der Waals surface area contributed by atoms with Crippen LogP contribution in [0.15, 0.2) is 0 Å². The minimum atomic E-state index is -1.51. The van der Waals surface area contributed by atoms with Gasteiger partial charge in [0.2, 0.25) is 17.7 Å². The molecular weight excluding hydrogens is 438 g/mol. The Bertz CT molecular complexity index is 696. The second kappa shape index (κ2) is 14.4. The zero-order valence-corrected chi connectivity index (χ0v) is 18.7. The molecule has 13 heteroatoms. The van der Waals surface area contributed by atoms with E-state index in [-0.39, 0.29) is 12.8 Å². The third kappa shape index (κ3) is 10.1. The lowest BCUT2D eigenvalue weighted by molar-refractivity contribution is -0.143. The van der Waals surface area contributed by atoms with Crippen molar-refractivity contribution < 1.29 is 39.3 Å². The third-order valence-electron chi connectivity index (χ3n) is 5.28. The van der Waals surface area contributed by atoms with Crippen LogP contribution in [0, 0.1) is 0 Å². The Morgan fingerprint density at radius 3 is 2.21 bits per heavy atom. The largest absolute Gasteiger partial charge is 0.481 e. The third-order valence-corrected chi connectivity index (χ3v) is 5.28. The molecule has 1 fully saturated rings. The van der Waals surface area contributed by atoms with Crippen molar-refractivity contribution in [3.8, 4) is 0 Å². The molecule has 188 valence electrons. The fraction of sp³-hybridized carbons (Fsp3) is 0.750. The van der Waals surface area contributed by atoms with Gasteiger partial charge in [-0.15, -0.1) is 0 Å². The van der Waals surface area contributed by atoms with Crippen molar-refractivity contribution >= 4 is 29.7 Å². The molecule has 0 saturated carbocycles. The number of nitrogens with one attached hydrogen (secondary N) is 4. The lowest BCUT2D eigenvalue weighted by atomic mass is 10.1. The Morgan fingerprint density at radius 1 is 1.00 bits per heavy atom. The van der Waals surface area contributed by atoms with Crippen molar-refractivity contribution in [2.75, 3.05) is 13.1 Å². The van der Waals surface area contributed by atoms with Gasteiger partial charge in [0.05, 0.1) is 12.1 Å². The van der Waals surface area contributed by atoms with Crippen LogP contribution in [0.4, 0.5) is 0 Å². The summed E-state index contributed by atoms with van der Waals surface area (Å²) in [5, 5.41) is 38.4. The van der Waals surface area contributed by atoms with Crippen molar-refractivity contribution in [1.29, 1.82) is 0 Å². The first kappa shape index (κ1) is 28.3. The molecule has 0 aliphatic carbocycles. The lowest BCUT2D eigenvalue weighted by Crippen LogP contribution is -2.59. The fourth-order valence-electron chi connectivity index (χ4n) is 3.39. The average Bonchev–Trinajstić information content (AvgIpc) is 3.28. The van der Waals surface area contributed by atoms with E-state index in [1.807, 2.05) is 0 Å². The summed E-state index contributed by atoms with van der Waals surface area (Å²) in [6.07, 6.45) is 0.455. The molecule has 0 bridgehead atoms. The second-order valence-electron chi connectivity index (χ2n) is 8.05. The maximum absolute atomic E-state index is 12.8. The number of carbonyl (C=O) groups excluding carboxylic acids is 3. The number of aliphatic hydroxyl groups is 1. The van der Waals surface area contributed by atoms with E-state index in [1.165, 1.54) is 6.92 Å².